The van der Waals surface area contributed by atoms with Crippen LogP contribution in [0.5, 0.6) is 0 Å². The van der Waals surface area contributed by atoms with E-state index in [2.05, 4.69) is 242 Å². The zero-order valence-electron chi connectivity index (χ0n) is 30.7. The number of hydrogen-bond donors (Lipinski definition) is 0. The molecule has 2 nitrogen and oxygen atoms in total. The molecule has 8 aromatic carbocycles. The van der Waals surface area contributed by atoms with E-state index in [1.54, 1.807) is 0 Å². The Bertz CT molecular complexity index is 2250. The molecule has 260 valence electrons. The van der Waals surface area contributed by atoms with Gasteiger partial charge in [-0.25, -0.2) is 0 Å². The largest absolute Gasteiger partial charge is 0.311 e. The van der Waals surface area contributed by atoms with Crippen molar-refractivity contribution in [3.63, 3.8) is 0 Å². The van der Waals surface area contributed by atoms with Crippen LogP contribution in [0.25, 0.3) is 34.4 Å². The fraction of sp³-hybridized carbons (Fsp3) is 0.0385. The van der Waals surface area contributed by atoms with Crippen LogP contribution in [0.4, 0.5) is 34.1 Å². The average Bonchev–Trinajstić information content (AvgIpc) is 3.23. The molecular formula is C52H42N2. The maximum absolute atomic E-state index is 2.30. The van der Waals surface area contributed by atoms with Gasteiger partial charge in [0.05, 0.1) is 0 Å². The van der Waals surface area contributed by atoms with E-state index < -0.39 is 0 Å². The summed E-state index contributed by atoms with van der Waals surface area (Å²) >= 11 is 0. The summed E-state index contributed by atoms with van der Waals surface area (Å²) in [5.41, 5.74) is 16.4. The summed E-state index contributed by atoms with van der Waals surface area (Å²) in [4.78, 5) is 4.60. The standard InChI is InChI=1S/C52H42N2/c1-39-13-31-49(32-14-39)53(47-9-5-3-6-10-47)51-35-27-45(28-36-51)43-23-19-41(20-24-43)17-18-42-21-25-44(26-22-42)46-29-37-52(38-30-46)54(48-11-7-4-8-12-48)50-33-15-40(2)16-34-50/h3-38H,1-2H3/b18-17+. The zero-order valence-corrected chi connectivity index (χ0v) is 30.7. The molecule has 0 saturated carbocycles. The molecule has 0 amide bonds. The van der Waals surface area contributed by atoms with Crippen molar-refractivity contribution >= 4 is 46.3 Å². The number of anilines is 6. The summed E-state index contributed by atoms with van der Waals surface area (Å²) in [6.07, 6.45) is 4.36. The molecule has 0 atom stereocenters. The van der Waals surface area contributed by atoms with Crippen molar-refractivity contribution < 1.29 is 0 Å². The summed E-state index contributed by atoms with van der Waals surface area (Å²) in [5, 5.41) is 0. The van der Waals surface area contributed by atoms with Crippen molar-refractivity contribution in [3.8, 4) is 22.3 Å². The maximum Gasteiger partial charge on any atom is 0.0462 e. The van der Waals surface area contributed by atoms with E-state index in [0.29, 0.717) is 0 Å². The van der Waals surface area contributed by atoms with E-state index in [4.69, 9.17) is 0 Å². The molecular weight excluding hydrogens is 653 g/mol. The van der Waals surface area contributed by atoms with Crippen molar-refractivity contribution in [1.82, 2.24) is 0 Å². The van der Waals surface area contributed by atoms with Gasteiger partial charge in [-0.1, -0.05) is 157 Å². The van der Waals surface area contributed by atoms with E-state index in [1.165, 1.54) is 44.5 Å². The van der Waals surface area contributed by atoms with Crippen LogP contribution in [0.15, 0.2) is 206 Å². The Morgan fingerprint density at radius 1 is 0.259 bits per heavy atom. The Morgan fingerprint density at radius 2 is 0.500 bits per heavy atom. The van der Waals surface area contributed by atoms with Crippen LogP contribution >= 0.6 is 0 Å². The first-order valence-corrected chi connectivity index (χ1v) is 18.5. The van der Waals surface area contributed by atoms with E-state index >= 15 is 0 Å². The van der Waals surface area contributed by atoms with Gasteiger partial charge in [0.25, 0.3) is 0 Å². The number of aryl methyl sites for hydroxylation is 2. The van der Waals surface area contributed by atoms with E-state index in [0.717, 1.165) is 34.1 Å². The lowest BCUT2D eigenvalue weighted by Crippen LogP contribution is -2.09. The van der Waals surface area contributed by atoms with Gasteiger partial charge in [0.15, 0.2) is 0 Å². The first kappa shape index (κ1) is 34.2. The maximum atomic E-state index is 2.30. The Morgan fingerprint density at radius 3 is 0.796 bits per heavy atom. The number of para-hydroxylation sites is 2. The van der Waals surface area contributed by atoms with Crippen molar-refractivity contribution in [2.45, 2.75) is 13.8 Å². The van der Waals surface area contributed by atoms with Gasteiger partial charge in [0.1, 0.15) is 0 Å². The van der Waals surface area contributed by atoms with Gasteiger partial charge in [-0.3, -0.25) is 0 Å². The molecule has 0 unspecified atom stereocenters. The predicted molar refractivity (Wildman–Crippen MR) is 232 cm³/mol. The van der Waals surface area contributed by atoms with E-state index in [-0.39, 0.29) is 0 Å². The summed E-state index contributed by atoms with van der Waals surface area (Å²) in [6.45, 7) is 4.25. The highest BCUT2D eigenvalue weighted by atomic mass is 15.1. The number of nitrogens with zero attached hydrogens (tertiary/aromatic N) is 2. The van der Waals surface area contributed by atoms with Crippen molar-refractivity contribution in [2.75, 3.05) is 9.80 Å². The number of hydrogen-bond acceptors (Lipinski definition) is 2. The number of benzene rings is 8. The van der Waals surface area contributed by atoms with Crippen LogP contribution in [0.1, 0.15) is 22.3 Å². The van der Waals surface area contributed by atoms with Crippen LogP contribution in [0, 0.1) is 13.8 Å². The van der Waals surface area contributed by atoms with E-state index in [9.17, 15) is 0 Å². The Hall–Kier alpha value is -6.90. The third kappa shape index (κ3) is 7.79. The molecule has 0 fully saturated rings. The van der Waals surface area contributed by atoms with Gasteiger partial charge in [-0.15, -0.1) is 0 Å². The summed E-state index contributed by atoms with van der Waals surface area (Å²) in [7, 11) is 0. The van der Waals surface area contributed by atoms with Gasteiger partial charge in [0, 0.05) is 34.1 Å². The molecule has 8 rings (SSSR count). The molecule has 8 aromatic rings. The minimum absolute atomic E-state index is 1.13. The smallest absolute Gasteiger partial charge is 0.0462 e. The second-order valence-electron chi connectivity index (χ2n) is 13.7. The van der Waals surface area contributed by atoms with Crippen LogP contribution < -0.4 is 9.80 Å². The molecule has 0 aliphatic carbocycles. The minimum Gasteiger partial charge on any atom is -0.311 e. The lowest BCUT2D eigenvalue weighted by molar-refractivity contribution is 1.27. The second-order valence-corrected chi connectivity index (χ2v) is 13.7. The summed E-state index contributed by atoms with van der Waals surface area (Å²) in [5.74, 6) is 0. The predicted octanol–water partition coefficient (Wildman–Crippen LogP) is 14.7. The Labute approximate surface area is 319 Å². The van der Waals surface area contributed by atoms with Gasteiger partial charge in [0.2, 0.25) is 0 Å². The molecule has 0 aromatic heterocycles. The highest BCUT2D eigenvalue weighted by Gasteiger charge is 2.14. The molecule has 0 aliphatic rings. The molecule has 54 heavy (non-hydrogen) atoms. The molecule has 0 spiro atoms. The SMILES string of the molecule is Cc1ccc(N(c2ccccc2)c2ccc(-c3ccc(/C=C/c4ccc(-c5ccc(N(c6ccccc6)c6ccc(C)cc6)cc5)cc4)cc3)cc2)cc1. The lowest BCUT2D eigenvalue weighted by Gasteiger charge is -2.25. The summed E-state index contributed by atoms with van der Waals surface area (Å²) in [6, 6.07) is 73.7. The lowest BCUT2D eigenvalue weighted by atomic mass is 10.0. The fourth-order valence-corrected chi connectivity index (χ4v) is 6.81. The van der Waals surface area contributed by atoms with Crippen LogP contribution in [-0.2, 0) is 0 Å². The molecule has 0 saturated heterocycles. The van der Waals surface area contributed by atoms with Crippen molar-refractivity contribution in [3.05, 3.63) is 229 Å². The third-order valence-electron chi connectivity index (χ3n) is 9.82. The monoisotopic (exact) mass is 694 g/mol. The van der Waals surface area contributed by atoms with Crippen molar-refractivity contribution in [2.24, 2.45) is 0 Å². The van der Waals surface area contributed by atoms with Crippen LogP contribution in [0.3, 0.4) is 0 Å². The Balaban J connectivity index is 0.940. The molecule has 0 N–H and O–H groups in total. The van der Waals surface area contributed by atoms with E-state index in [1.807, 2.05) is 0 Å². The highest BCUT2D eigenvalue weighted by Crippen LogP contribution is 2.37. The highest BCUT2D eigenvalue weighted by molar-refractivity contribution is 5.81. The van der Waals surface area contributed by atoms with Gasteiger partial charge in [-0.2, -0.15) is 0 Å². The molecule has 0 radical (unpaired) electrons. The van der Waals surface area contributed by atoms with Gasteiger partial charge >= 0.3 is 0 Å². The quantitative estimate of drug-likeness (QED) is 0.132. The zero-order chi connectivity index (χ0) is 36.7. The number of rotatable bonds is 10. The molecule has 0 bridgehead atoms. The normalized spacial score (nSPS) is 11.1. The van der Waals surface area contributed by atoms with Gasteiger partial charge in [-0.05, 0) is 120 Å². The Kier molecular flexibility index (Phi) is 9.99. The topological polar surface area (TPSA) is 6.48 Å². The minimum atomic E-state index is 1.13. The van der Waals surface area contributed by atoms with Crippen LogP contribution in [0.2, 0.25) is 0 Å². The van der Waals surface area contributed by atoms with Gasteiger partial charge < -0.3 is 9.80 Å². The fourth-order valence-electron chi connectivity index (χ4n) is 6.81. The third-order valence-corrected chi connectivity index (χ3v) is 9.82. The summed E-state index contributed by atoms with van der Waals surface area (Å²) < 4.78 is 0. The first-order valence-electron chi connectivity index (χ1n) is 18.5. The molecule has 0 aliphatic heterocycles. The second kappa shape index (κ2) is 15.8. The molecule has 0 heterocycles. The van der Waals surface area contributed by atoms with Crippen molar-refractivity contribution in [1.29, 1.82) is 0 Å². The average molecular weight is 695 g/mol. The van der Waals surface area contributed by atoms with Crippen LogP contribution in [-0.4, -0.2) is 0 Å². The molecule has 2 heteroatoms. The first-order chi connectivity index (χ1) is 26.6.